The van der Waals surface area contributed by atoms with Crippen LogP contribution < -0.4 is 5.73 Å². The van der Waals surface area contributed by atoms with Crippen LogP contribution in [0.15, 0.2) is 0 Å². The number of rotatable bonds is 7. The van der Waals surface area contributed by atoms with Gasteiger partial charge in [-0.15, -0.1) is 0 Å². The molecular formula is C18H38N2. The number of nitrogens with two attached hydrogens (primary N) is 1. The van der Waals surface area contributed by atoms with E-state index in [0.29, 0.717) is 11.5 Å². The standard InChI is InChI=1S/C18H38N2/c1-6-7-8-13-20(5)17(14-19)15-9-11-16(12-10-15)18(2,3)4/h15-17H,6-14,19H2,1-5H3. The van der Waals surface area contributed by atoms with Gasteiger partial charge in [0.1, 0.15) is 0 Å². The summed E-state index contributed by atoms with van der Waals surface area (Å²) in [6.45, 7) is 11.5. The van der Waals surface area contributed by atoms with Gasteiger partial charge in [-0.25, -0.2) is 0 Å². The van der Waals surface area contributed by atoms with Crippen molar-refractivity contribution < 1.29 is 0 Å². The first-order valence-electron chi connectivity index (χ1n) is 8.80. The molecule has 120 valence electrons. The highest BCUT2D eigenvalue weighted by atomic mass is 15.1. The molecule has 0 bridgehead atoms. The molecule has 2 N–H and O–H groups in total. The van der Waals surface area contributed by atoms with Gasteiger partial charge in [0.05, 0.1) is 0 Å². The summed E-state index contributed by atoms with van der Waals surface area (Å²) < 4.78 is 0. The summed E-state index contributed by atoms with van der Waals surface area (Å²) in [4.78, 5) is 2.54. The molecule has 1 saturated carbocycles. The summed E-state index contributed by atoms with van der Waals surface area (Å²) in [6.07, 6.45) is 9.52. The Morgan fingerprint density at radius 1 is 1.10 bits per heavy atom. The third-order valence-electron chi connectivity index (χ3n) is 5.46. The molecule has 1 aliphatic rings. The van der Waals surface area contributed by atoms with Crippen LogP contribution >= 0.6 is 0 Å². The molecule has 0 aliphatic heterocycles. The van der Waals surface area contributed by atoms with Crippen LogP contribution in [0.25, 0.3) is 0 Å². The number of unbranched alkanes of at least 4 members (excludes halogenated alkanes) is 2. The van der Waals surface area contributed by atoms with Gasteiger partial charge in [0.25, 0.3) is 0 Å². The minimum absolute atomic E-state index is 0.482. The Morgan fingerprint density at radius 3 is 2.15 bits per heavy atom. The quantitative estimate of drug-likeness (QED) is 0.706. The van der Waals surface area contributed by atoms with Crippen molar-refractivity contribution in [2.24, 2.45) is 23.0 Å². The van der Waals surface area contributed by atoms with Crippen molar-refractivity contribution in [2.75, 3.05) is 20.1 Å². The molecule has 0 spiro atoms. The van der Waals surface area contributed by atoms with Gasteiger partial charge in [-0.2, -0.15) is 0 Å². The van der Waals surface area contributed by atoms with Crippen molar-refractivity contribution in [1.29, 1.82) is 0 Å². The lowest BCUT2D eigenvalue weighted by Gasteiger charge is -2.41. The van der Waals surface area contributed by atoms with E-state index in [4.69, 9.17) is 5.73 Å². The molecule has 1 fully saturated rings. The summed E-state index contributed by atoms with van der Waals surface area (Å²) in [6, 6.07) is 0.604. The molecule has 1 atom stereocenters. The first-order valence-corrected chi connectivity index (χ1v) is 8.80. The Morgan fingerprint density at radius 2 is 1.70 bits per heavy atom. The maximum absolute atomic E-state index is 6.09. The molecule has 0 aromatic rings. The van der Waals surface area contributed by atoms with Crippen molar-refractivity contribution >= 4 is 0 Å². The molecule has 0 aromatic heterocycles. The Hall–Kier alpha value is -0.0800. The van der Waals surface area contributed by atoms with Crippen molar-refractivity contribution in [1.82, 2.24) is 4.90 Å². The average molecular weight is 283 g/mol. The second kappa shape index (κ2) is 8.38. The normalized spacial score (nSPS) is 25.9. The minimum atomic E-state index is 0.482. The molecule has 0 aromatic carbocycles. The SMILES string of the molecule is CCCCCN(C)C(CN)C1CCC(C(C)(C)C)CC1. The fourth-order valence-corrected chi connectivity index (χ4v) is 3.88. The van der Waals surface area contributed by atoms with Crippen molar-refractivity contribution in [2.45, 2.75) is 78.7 Å². The summed E-state index contributed by atoms with van der Waals surface area (Å²) in [5, 5.41) is 0. The Kier molecular flexibility index (Phi) is 7.53. The molecule has 0 saturated heterocycles. The van der Waals surface area contributed by atoms with Gasteiger partial charge in [-0.05, 0) is 62.9 Å². The van der Waals surface area contributed by atoms with E-state index in [0.717, 1.165) is 18.4 Å². The van der Waals surface area contributed by atoms with Crippen molar-refractivity contribution in [3.8, 4) is 0 Å². The molecule has 1 rings (SSSR count). The smallest absolute Gasteiger partial charge is 0.0243 e. The minimum Gasteiger partial charge on any atom is -0.329 e. The first kappa shape index (κ1) is 18.0. The van der Waals surface area contributed by atoms with E-state index in [-0.39, 0.29) is 0 Å². The molecule has 2 nitrogen and oxygen atoms in total. The van der Waals surface area contributed by atoms with Crippen LogP contribution in [-0.4, -0.2) is 31.1 Å². The molecule has 2 heteroatoms. The van der Waals surface area contributed by atoms with Gasteiger partial charge in [0, 0.05) is 12.6 Å². The fraction of sp³-hybridized carbons (Fsp3) is 1.00. The van der Waals surface area contributed by atoms with E-state index in [2.05, 4.69) is 39.6 Å². The van der Waals surface area contributed by atoms with Crippen LogP contribution in [0.2, 0.25) is 0 Å². The maximum atomic E-state index is 6.09. The zero-order valence-corrected chi connectivity index (χ0v) is 14.6. The Balaban J connectivity index is 2.43. The van der Waals surface area contributed by atoms with Crippen LogP contribution in [0.5, 0.6) is 0 Å². The Bertz CT molecular complexity index is 249. The lowest BCUT2D eigenvalue weighted by Crippen LogP contribution is -2.45. The van der Waals surface area contributed by atoms with E-state index in [9.17, 15) is 0 Å². The Labute approximate surface area is 127 Å². The molecule has 1 aliphatic carbocycles. The summed E-state index contributed by atoms with van der Waals surface area (Å²) >= 11 is 0. The van der Waals surface area contributed by atoms with E-state index in [1.165, 1.54) is 51.5 Å². The van der Waals surface area contributed by atoms with E-state index in [1.807, 2.05) is 0 Å². The summed E-state index contributed by atoms with van der Waals surface area (Å²) in [5.41, 5.74) is 6.57. The third kappa shape index (κ3) is 5.37. The van der Waals surface area contributed by atoms with Gasteiger partial charge >= 0.3 is 0 Å². The van der Waals surface area contributed by atoms with Crippen molar-refractivity contribution in [3.63, 3.8) is 0 Å². The number of likely N-dealkylation sites (N-methyl/N-ethyl adjacent to an activating group) is 1. The highest BCUT2D eigenvalue weighted by Crippen LogP contribution is 2.41. The van der Waals surface area contributed by atoms with Crippen LogP contribution in [0.3, 0.4) is 0 Å². The average Bonchev–Trinajstić information content (AvgIpc) is 2.39. The van der Waals surface area contributed by atoms with Crippen LogP contribution in [0, 0.1) is 17.3 Å². The number of hydrogen-bond acceptors (Lipinski definition) is 2. The largest absolute Gasteiger partial charge is 0.329 e. The monoisotopic (exact) mass is 282 g/mol. The number of nitrogens with zero attached hydrogens (tertiary/aromatic N) is 1. The second-order valence-electron chi connectivity index (χ2n) is 7.97. The van der Waals surface area contributed by atoms with Gasteiger partial charge in [-0.3, -0.25) is 0 Å². The first-order chi connectivity index (χ1) is 9.40. The zero-order valence-electron chi connectivity index (χ0n) is 14.6. The van der Waals surface area contributed by atoms with Gasteiger partial charge in [0.15, 0.2) is 0 Å². The predicted molar refractivity (Wildman–Crippen MR) is 89.9 cm³/mol. The van der Waals surface area contributed by atoms with E-state index >= 15 is 0 Å². The fourth-order valence-electron chi connectivity index (χ4n) is 3.88. The van der Waals surface area contributed by atoms with Gasteiger partial charge in [-0.1, -0.05) is 40.5 Å². The van der Waals surface area contributed by atoms with Gasteiger partial charge in [0.2, 0.25) is 0 Å². The van der Waals surface area contributed by atoms with E-state index in [1.54, 1.807) is 0 Å². The van der Waals surface area contributed by atoms with E-state index < -0.39 is 0 Å². The van der Waals surface area contributed by atoms with Crippen LogP contribution in [0.4, 0.5) is 0 Å². The predicted octanol–water partition coefficient (Wildman–Crippen LogP) is 4.29. The molecule has 0 heterocycles. The summed E-state index contributed by atoms with van der Waals surface area (Å²) in [7, 11) is 2.28. The molecule has 20 heavy (non-hydrogen) atoms. The lowest BCUT2D eigenvalue weighted by molar-refractivity contribution is 0.0941. The summed E-state index contributed by atoms with van der Waals surface area (Å²) in [5.74, 6) is 1.73. The lowest BCUT2D eigenvalue weighted by atomic mass is 9.68. The zero-order chi connectivity index (χ0) is 15.2. The molecule has 0 amide bonds. The second-order valence-corrected chi connectivity index (χ2v) is 7.97. The number of hydrogen-bond donors (Lipinski definition) is 1. The molecular weight excluding hydrogens is 244 g/mol. The van der Waals surface area contributed by atoms with Crippen LogP contribution in [-0.2, 0) is 0 Å². The molecule has 0 radical (unpaired) electrons. The topological polar surface area (TPSA) is 29.3 Å². The highest BCUT2D eigenvalue weighted by Gasteiger charge is 2.33. The van der Waals surface area contributed by atoms with Gasteiger partial charge < -0.3 is 10.6 Å². The third-order valence-corrected chi connectivity index (χ3v) is 5.46. The van der Waals surface area contributed by atoms with Crippen LogP contribution in [0.1, 0.15) is 72.6 Å². The van der Waals surface area contributed by atoms with Crippen molar-refractivity contribution in [3.05, 3.63) is 0 Å². The molecule has 1 unspecified atom stereocenters. The highest BCUT2D eigenvalue weighted by molar-refractivity contribution is 4.86. The maximum Gasteiger partial charge on any atom is 0.0243 e.